The van der Waals surface area contributed by atoms with E-state index >= 15 is 0 Å². The van der Waals surface area contributed by atoms with Crippen molar-refractivity contribution in [2.24, 2.45) is 11.3 Å². The second-order valence-corrected chi connectivity index (χ2v) is 8.03. The average Bonchev–Trinajstić information content (AvgIpc) is 3.17. The molecule has 2 saturated carbocycles. The number of hydrogen-bond donors (Lipinski definition) is 1. The van der Waals surface area contributed by atoms with E-state index in [1.807, 2.05) is 0 Å². The highest BCUT2D eigenvalue weighted by molar-refractivity contribution is 5.38. The van der Waals surface area contributed by atoms with Gasteiger partial charge in [-0.05, 0) is 66.9 Å². The number of benzene rings is 1. The molecule has 0 spiro atoms. The molecule has 0 unspecified atom stereocenters. The second-order valence-electron chi connectivity index (χ2n) is 8.03. The third-order valence-corrected chi connectivity index (χ3v) is 5.58. The Morgan fingerprint density at radius 2 is 1.60 bits per heavy atom. The largest absolute Gasteiger partial charge is 0.385 e. The average molecular weight is 272 g/mol. The predicted octanol–water partition coefficient (Wildman–Crippen LogP) is 4.99. The van der Waals surface area contributed by atoms with Crippen LogP contribution in [0.5, 0.6) is 0 Å². The summed E-state index contributed by atoms with van der Waals surface area (Å²) in [5, 5.41) is 10.5. The zero-order chi connectivity index (χ0) is 14.4. The number of aliphatic hydroxyl groups is 1. The molecule has 1 aromatic carbocycles. The van der Waals surface area contributed by atoms with E-state index in [1.165, 1.54) is 36.8 Å². The molecule has 1 N–H and O–H groups in total. The molecule has 0 bridgehead atoms. The number of hydrogen-bond acceptors (Lipinski definition) is 1. The van der Waals surface area contributed by atoms with E-state index in [9.17, 15) is 5.11 Å². The van der Waals surface area contributed by atoms with Gasteiger partial charge in [-0.1, -0.05) is 45.0 Å². The van der Waals surface area contributed by atoms with Crippen LogP contribution in [0.2, 0.25) is 0 Å². The van der Waals surface area contributed by atoms with Gasteiger partial charge in [-0.2, -0.15) is 0 Å². The lowest BCUT2D eigenvalue weighted by Crippen LogP contribution is -2.26. The molecule has 0 atom stereocenters. The number of rotatable bonds is 2. The maximum absolute atomic E-state index is 10.5. The summed E-state index contributed by atoms with van der Waals surface area (Å²) in [6, 6.07) is 8.63. The van der Waals surface area contributed by atoms with Gasteiger partial charge in [0.15, 0.2) is 0 Å². The molecule has 20 heavy (non-hydrogen) atoms. The Labute approximate surface area is 123 Å². The van der Waals surface area contributed by atoms with Crippen LogP contribution in [0.25, 0.3) is 0 Å². The minimum atomic E-state index is -0.489. The molecule has 1 nitrogen and oxygen atoms in total. The third-order valence-electron chi connectivity index (χ3n) is 5.58. The van der Waals surface area contributed by atoms with Crippen molar-refractivity contribution in [3.63, 3.8) is 0 Å². The molecule has 0 amide bonds. The Hall–Kier alpha value is -0.820. The minimum absolute atomic E-state index is 0.444. The van der Waals surface area contributed by atoms with Crippen molar-refractivity contribution in [1.82, 2.24) is 0 Å². The highest BCUT2D eigenvalue weighted by Gasteiger charge is 2.44. The molecule has 0 heterocycles. The fraction of sp³-hybridized carbons (Fsp3) is 0.684. The molecule has 3 rings (SSSR count). The molecule has 2 aliphatic rings. The molecule has 2 aliphatic carbocycles. The summed E-state index contributed by atoms with van der Waals surface area (Å²) < 4.78 is 0. The summed E-state index contributed by atoms with van der Waals surface area (Å²) >= 11 is 0. The van der Waals surface area contributed by atoms with Crippen LogP contribution in [0.15, 0.2) is 24.3 Å². The van der Waals surface area contributed by atoms with Gasteiger partial charge in [-0.3, -0.25) is 0 Å². The maximum atomic E-state index is 10.5. The van der Waals surface area contributed by atoms with Crippen molar-refractivity contribution in [3.05, 3.63) is 35.4 Å². The quantitative estimate of drug-likeness (QED) is 0.804. The molecule has 0 aromatic heterocycles. The zero-order valence-electron chi connectivity index (χ0n) is 13.2. The van der Waals surface area contributed by atoms with Crippen LogP contribution in [0.4, 0.5) is 0 Å². The summed E-state index contributed by atoms with van der Waals surface area (Å²) in [6.45, 7) is 7.12. The molecule has 2 fully saturated rings. The molecule has 0 saturated heterocycles. The van der Waals surface area contributed by atoms with E-state index in [2.05, 4.69) is 45.0 Å². The molecule has 1 aromatic rings. The first-order valence-electron chi connectivity index (χ1n) is 8.22. The van der Waals surface area contributed by atoms with E-state index in [1.54, 1.807) is 0 Å². The second kappa shape index (κ2) is 4.87. The van der Waals surface area contributed by atoms with Gasteiger partial charge in [0.05, 0.1) is 5.60 Å². The lowest BCUT2D eigenvalue weighted by Gasteiger charge is -2.37. The van der Waals surface area contributed by atoms with E-state index in [0.717, 1.165) is 18.8 Å². The van der Waals surface area contributed by atoms with Gasteiger partial charge in [0.25, 0.3) is 0 Å². The van der Waals surface area contributed by atoms with Crippen LogP contribution >= 0.6 is 0 Å². The topological polar surface area (TPSA) is 20.2 Å². The summed E-state index contributed by atoms with van der Waals surface area (Å²) in [5.41, 5.74) is 2.61. The zero-order valence-corrected chi connectivity index (χ0v) is 13.2. The summed E-state index contributed by atoms with van der Waals surface area (Å²) in [6.07, 6.45) is 7.13. The smallest absolute Gasteiger partial charge is 0.0901 e. The fourth-order valence-electron chi connectivity index (χ4n) is 3.93. The monoisotopic (exact) mass is 272 g/mol. The van der Waals surface area contributed by atoms with Gasteiger partial charge < -0.3 is 5.11 Å². The molecule has 0 radical (unpaired) electrons. The van der Waals surface area contributed by atoms with E-state index in [-0.39, 0.29) is 0 Å². The lowest BCUT2D eigenvalue weighted by atomic mass is 9.68. The summed E-state index contributed by atoms with van der Waals surface area (Å²) in [7, 11) is 0. The lowest BCUT2D eigenvalue weighted by molar-refractivity contribution is 0.145. The standard InChI is InChI=1S/C19H28O/c1-18(2,3)15-10-8-14(9-11-15)16-6-4-5-7-17(16)19(20)12-13-19/h4-7,14-15,20H,8-13H2,1-3H3. The van der Waals surface area contributed by atoms with Crippen molar-refractivity contribution >= 4 is 0 Å². The highest BCUT2D eigenvalue weighted by atomic mass is 16.3. The normalized spacial score (nSPS) is 29.2. The van der Waals surface area contributed by atoms with Crippen molar-refractivity contribution in [2.45, 2.75) is 70.8 Å². The van der Waals surface area contributed by atoms with Gasteiger partial charge in [0.2, 0.25) is 0 Å². The van der Waals surface area contributed by atoms with E-state index < -0.39 is 5.60 Å². The van der Waals surface area contributed by atoms with Crippen LogP contribution in [0.1, 0.15) is 76.3 Å². The van der Waals surface area contributed by atoms with Gasteiger partial charge in [-0.15, -0.1) is 0 Å². The van der Waals surface area contributed by atoms with Crippen molar-refractivity contribution in [1.29, 1.82) is 0 Å². The Bertz CT molecular complexity index is 471. The van der Waals surface area contributed by atoms with Crippen molar-refractivity contribution in [2.75, 3.05) is 0 Å². The van der Waals surface area contributed by atoms with Crippen LogP contribution in [0.3, 0.4) is 0 Å². The summed E-state index contributed by atoms with van der Waals surface area (Å²) in [5.74, 6) is 1.52. The SMILES string of the molecule is CC(C)(C)C1CCC(c2ccccc2C2(O)CC2)CC1. The van der Waals surface area contributed by atoms with Crippen LogP contribution in [-0.2, 0) is 5.60 Å². The Kier molecular flexibility index (Phi) is 3.44. The van der Waals surface area contributed by atoms with Crippen molar-refractivity contribution < 1.29 is 5.11 Å². The van der Waals surface area contributed by atoms with E-state index in [4.69, 9.17) is 0 Å². The van der Waals surface area contributed by atoms with Gasteiger partial charge in [0, 0.05) is 0 Å². The van der Waals surface area contributed by atoms with Crippen LogP contribution < -0.4 is 0 Å². The van der Waals surface area contributed by atoms with Gasteiger partial charge >= 0.3 is 0 Å². The first-order chi connectivity index (χ1) is 9.40. The van der Waals surface area contributed by atoms with E-state index in [0.29, 0.717) is 11.3 Å². The van der Waals surface area contributed by atoms with Crippen LogP contribution in [-0.4, -0.2) is 5.11 Å². The van der Waals surface area contributed by atoms with Gasteiger partial charge in [0.1, 0.15) is 0 Å². The maximum Gasteiger partial charge on any atom is 0.0901 e. The summed E-state index contributed by atoms with van der Waals surface area (Å²) in [4.78, 5) is 0. The molecule has 1 heteroatoms. The van der Waals surface area contributed by atoms with Crippen molar-refractivity contribution in [3.8, 4) is 0 Å². The third kappa shape index (κ3) is 2.65. The highest BCUT2D eigenvalue weighted by Crippen LogP contribution is 2.50. The minimum Gasteiger partial charge on any atom is -0.385 e. The predicted molar refractivity (Wildman–Crippen MR) is 83.7 cm³/mol. The molecular weight excluding hydrogens is 244 g/mol. The molecule has 0 aliphatic heterocycles. The fourth-order valence-corrected chi connectivity index (χ4v) is 3.93. The first kappa shape index (κ1) is 14.1. The van der Waals surface area contributed by atoms with Crippen LogP contribution in [0, 0.1) is 11.3 Å². The Balaban J connectivity index is 1.76. The Morgan fingerprint density at radius 3 is 2.15 bits per heavy atom. The first-order valence-corrected chi connectivity index (χ1v) is 8.22. The van der Waals surface area contributed by atoms with Gasteiger partial charge in [-0.25, -0.2) is 0 Å². The molecular formula is C19H28O. The molecule has 110 valence electrons. The Morgan fingerprint density at radius 1 is 1.00 bits per heavy atom.